The fourth-order valence-corrected chi connectivity index (χ4v) is 2.33. The predicted octanol–water partition coefficient (Wildman–Crippen LogP) is 1.91. The Morgan fingerprint density at radius 2 is 1.79 bits per heavy atom. The summed E-state index contributed by atoms with van der Waals surface area (Å²) in [5, 5.41) is 1.24. The number of hydrogen-bond acceptors (Lipinski definition) is 4. The van der Waals surface area contributed by atoms with Crippen molar-refractivity contribution in [2.45, 2.75) is 19.6 Å². The Hall–Kier alpha value is -3.02. The summed E-state index contributed by atoms with van der Waals surface area (Å²) in [5.41, 5.74) is 3.48. The van der Waals surface area contributed by atoms with E-state index in [0.717, 1.165) is 5.56 Å². The molecule has 1 N–H and O–H groups in total. The standard InChI is InChI=1S/C18H18N2O4/c1-13(21)19-20-11-17(18(20)22)24-16-10-6-5-9-15(16)23-12-14-7-3-2-4-8-14/h2-10,17H,11-12H2,1H3,(H,19,21). The van der Waals surface area contributed by atoms with Gasteiger partial charge in [0.25, 0.3) is 5.91 Å². The molecular weight excluding hydrogens is 308 g/mol. The normalized spacial score (nSPS) is 16.3. The van der Waals surface area contributed by atoms with Gasteiger partial charge in [-0.3, -0.25) is 15.0 Å². The van der Waals surface area contributed by atoms with Gasteiger partial charge < -0.3 is 9.47 Å². The second kappa shape index (κ2) is 7.04. The summed E-state index contributed by atoms with van der Waals surface area (Å²) in [6.45, 7) is 2.08. The second-order valence-electron chi connectivity index (χ2n) is 5.44. The highest BCUT2D eigenvalue weighted by Gasteiger charge is 2.40. The van der Waals surface area contributed by atoms with Crippen molar-refractivity contribution in [1.29, 1.82) is 0 Å². The van der Waals surface area contributed by atoms with E-state index in [2.05, 4.69) is 5.43 Å². The van der Waals surface area contributed by atoms with E-state index in [0.29, 0.717) is 24.7 Å². The first-order valence-electron chi connectivity index (χ1n) is 7.64. The number of carbonyl (C=O) groups excluding carboxylic acids is 2. The number of hydrogen-bond donors (Lipinski definition) is 1. The van der Waals surface area contributed by atoms with Crippen LogP contribution in [-0.4, -0.2) is 29.5 Å². The molecule has 124 valence electrons. The number of rotatable bonds is 6. The number of hydrazine groups is 1. The van der Waals surface area contributed by atoms with E-state index in [9.17, 15) is 9.59 Å². The maximum absolute atomic E-state index is 11.9. The van der Waals surface area contributed by atoms with Crippen LogP contribution in [0.25, 0.3) is 0 Å². The zero-order chi connectivity index (χ0) is 16.9. The average molecular weight is 326 g/mol. The molecule has 0 aromatic heterocycles. The van der Waals surface area contributed by atoms with E-state index in [4.69, 9.17) is 9.47 Å². The summed E-state index contributed by atoms with van der Waals surface area (Å²) in [7, 11) is 0. The summed E-state index contributed by atoms with van der Waals surface area (Å²) >= 11 is 0. The Kier molecular flexibility index (Phi) is 4.65. The minimum absolute atomic E-state index is 0.275. The van der Waals surface area contributed by atoms with E-state index >= 15 is 0 Å². The number of para-hydroxylation sites is 2. The van der Waals surface area contributed by atoms with Crippen LogP contribution in [-0.2, 0) is 16.2 Å². The van der Waals surface area contributed by atoms with Crippen molar-refractivity contribution in [2.24, 2.45) is 0 Å². The van der Waals surface area contributed by atoms with Gasteiger partial charge in [-0.15, -0.1) is 0 Å². The van der Waals surface area contributed by atoms with Gasteiger partial charge >= 0.3 is 0 Å². The van der Waals surface area contributed by atoms with Gasteiger partial charge in [0.1, 0.15) is 6.61 Å². The Labute approximate surface area is 140 Å². The fraction of sp³-hybridized carbons (Fsp3) is 0.222. The minimum Gasteiger partial charge on any atom is -0.485 e. The predicted molar refractivity (Wildman–Crippen MR) is 87.2 cm³/mol. The molecule has 1 fully saturated rings. The van der Waals surface area contributed by atoms with Crippen LogP contribution < -0.4 is 14.9 Å². The Morgan fingerprint density at radius 1 is 1.12 bits per heavy atom. The molecule has 1 heterocycles. The lowest BCUT2D eigenvalue weighted by Crippen LogP contribution is -2.65. The molecule has 1 saturated heterocycles. The van der Waals surface area contributed by atoms with E-state index < -0.39 is 6.10 Å². The van der Waals surface area contributed by atoms with Crippen molar-refractivity contribution in [3.8, 4) is 11.5 Å². The molecule has 1 unspecified atom stereocenters. The van der Waals surface area contributed by atoms with Crippen LogP contribution >= 0.6 is 0 Å². The van der Waals surface area contributed by atoms with Crippen molar-refractivity contribution >= 4 is 11.8 Å². The number of benzene rings is 2. The van der Waals surface area contributed by atoms with E-state index in [1.54, 1.807) is 12.1 Å². The van der Waals surface area contributed by atoms with Gasteiger partial charge in [-0.25, -0.2) is 5.01 Å². The van der Waals surface area contributed by atoms with Crippen molar-refractivity contribution in [3.05, 3.63) is 60.2 Å². The fourth-order valence-electron chi connectivity index (χ4n) is 2.33. The van der Waals surface area contributed by atoms with Gasteiger partial charge in [0.05, 0.1) is 6.54 Å². The van der Waals surface area contributed by atoms with Gasteiger partial charge in [-0.05, 0) is 17.7 Å². The third-order valence-electron chi connectivity index (χ3n) is 3.54. The molecule has 1 atom stereocenters. The number of β-lactam (4-membered cyclic amide) rings is 1. The minimum atomic E-state index is -0.613. The summed E-state index contributed by atoms with van der Waals surface area (Å²) < 4.78 is 11.5. The molecule has 1 aliphatic heterocycles. The highest BCUT2D eigenvalue weighted by molar-refractivity contribution is 5.89. The molecule has 2 aromatic rings. The zero-order valence-corrected chi connectivity index (χ0v) is 13.3. The molecule has 6 heteroatoms. The highest BCUT2D eigenvalue weighted by Crippen LogP contribution is 2.29. The summed E-state index contributed by atoms with van der Waals surface area (Å²) in [6, 6.07) is 17.0. The number of amides is 2. The average Bonchev–Trinajstić information content (AvgIpc) is 2.60. The third-order valence-corrected chi connectivity index (χ3v) is 3.54. The zero-order valence-electron chi connectivity index (χ0n) is 13.3. The molecule has 0 aliphatic carbocycles. The summed E-state index contributed by atoms with van der Waals surface area (Å²) in [6.07, 6.45) is -0.613. The number of nitrogens with zero attached hydrogens (tertiary/aromatic N) is 1. The Bertz CT molecular complexity index is 733. The van der Waals surface area contributed by atoms with Crippen LogP contribution in [0.3, 0.4) is 0 Å². The van der Waals surface area contributed by atoms with Gasteiger partial charge in [0.2, 0.25) is 5.91 Å². The molecular formula is C18H18N2O4. The molecule has 0 saturated carbocycles. The molecule has 2 aromatic carbocycles. The van der Waals surface area contributed by atoms with Crippen LogP contribution in [0.15, 0.2) is 54.6 Å². The van der Waals surface area contributed by atoms with E-state index in [-0.39, 0.29) is 11.8 Å². The molecule has 1 aliphatic rings. The monoisotopic (exact) mass is 326 g/mol. The van der Waals surface area contributed by atoms with Crippen LogP contribution in [0.5, 0.6) is 11.5 Å². The number of nitrogens with one attached hydrogen (secondary N) is 1. The lowest BCUT2D eigenvalue weighted by Gasteiger charge is -2.37. The van der Waals surface area contributed by atoms with Crippen molar-refractivity contribution in [1.82, 2.24) is 10.4 Å². The molecule has 0 spiro atoms. The molecule has 24 heavy (non-hydrogen) atoms. The first kappa shape index (κ1) is 15.9. The van der Waals surface area contributed by atoms with Crippen molar-refractivity contribution in [2.75, 3.05) is 6.54 Å². The molecule has 0 radical (unpaired) electrons. The van der Waals surface area contributed by atoms with Crippen LogP contribution in [0.1, 0.15) is 12.5 Å². The Morgan fingerprint density at radius 3 is 2.46 bits per heavy atom. The van der Waals surface area contributed by atoms with Crippen LogP contribution in [0.4, 0.5) is 0 Å². The molecule has 3 rings (SSSR count). The van der Waals surface area contributed by atoms with Crippen molar-refractivity contribution in [3.63, 3.8) is 0 Å². The van der Waals surface area contributed by atoms with Gasteiger partial charge in [0.15, 0.2) is 17.6 Å². The maximum atomic E-state index is 11.9. The van der Waals surface area contributed by atoms with Gasteiger partial charge in [-0.1, -0.05) is 42.5 Å². The van der Waals surface area contributed by atoms with Gasteiger partial charge in [0, 0.05) is 6.92 Å². The molecule has 2 amide bonds. The van der Waals surface area contributed by atoms with Crippen LogP contribution in [0, 0.1) is 0 Å². The smallest absolute Gasteiger partial charge is 0.284 e. The first-order chi connectivity index (χ1) is 11.6. The quantitative estimate of drug-likeness (QED) is 0.824. The lowest BCUT2D eigenvalue weighted by molar-refractivity contribution is -0.162. The van der Waals surface area contributed by atoms with Crippen molar-refractivity contribution < 1.29 is 19.1 Å². The van der Waals surface area contributed by atoms with E-state index in [1.165, 1.54) is 11.9 Å². The topological polar surface area (TPSA) is 67.9 Å². The SMILES string of the molecule is CC(=O)NN1CC(Oc2ccccc2OCc2ccccc2)C1=O. The number of ether oxygens (including phenoxy) is 2. The largest absolute Gasteiger partial charge is 0.485 e. The highest BCUT2D eigenvalue weighted by atomic mass is 16.5. The van der Waals surface area contributed by atoms with E-state index in [1.807, 2.05) is 42.5 Å². The maximum Gasteiger partial charge on any atom is 0.284 e. The molecule has 6 nitrogen and oxygen atoms in total. The Balaban J connectivity index is 1.61. The second-order valence-corrected chi connectivity index (χ2v) is 5.44. The molecule has 0 bridgehead atoms. The summed E-state index contributed by atoms with van der Waals surface area (Å²) in [5.74, 6) is 0.526. The number of carbonyl (C=O) groups is 2. The van der Waals surface area contributed by atoms with Gasteiger partial charge in [-0.2, -0.15) is 0 Å². The summed E-state index contributed by atoms with van der Waals surface area (Å²) in [4.78, 5) is 22.9. The van der Waals surface area contributed by atoms with Crippen LogP contribution in [0.2, 0.25) is 0 Å². The third kappa shape index (κ3) is 3.65. The lowest BCUT2D eigenvalue weighted by atomic mass is 10.2. The first-order valence-corrected chi connectivity index (χ1v) is 7.64.